The van der Waals surface area contributed by atoms with E-state index in [4.69, 9.17) is 10.00 Å². The zero-order valence-corrected chi connectivity index (χ0v) is 12.8. The van der Waals surface area contributed by atoms with Crippen LogP contribution in [0.15, 0.2) is 18.2 Å². The van der Waals surface area contributed by atoms with Crippen molar-refractivity contribution in [2.24, 2.45) is 0 Å². The molecular weight excluding hydrogens is 236 g/mol. The molecule has 1 N–H and O–H groups in total. The molecule has 0 aliphatic rings. The third-order valence-corrected chi connectivity index (χ3v) is 3.26. The van der Waals surface area contributed by atoms with Gasteiger partial charge in [-0.3, -0.25) is 5.32 Å². The van der Waals surface area contributed by atoms with Crippen molar-refractivity contribution < 1.29 is 4.74 Å². The van der Waals surface area contributed by atoms with Crippen LogP contribution in [0.5, 0.6) is 5.75 Å². The summed E-state index contributed by atoms with van der Waals surface area (Å²) in [5.41, 5.74) is 1.74. The van der Waals surface area contributed by atoms with Gasteiger partial charge < -0.3 is 4.74 Å². The van der Waals surface area contributed by atoms with Crippen LogP contribution in [0.1, 0.15) is 38.8 Å². The maximum Gasteiger partial charge on any atom is 0.137 e. The highest BCUT2D eigenvalue weighted by Crippen LogP contribution is 2.32. The lowest BCUT2D eigenvalue weighted by atomic mass is 9.85. The SMILES string of the molecule is CNC(C)(C#N)COc1ccc(C)cc1C(C)(C)C. The van der Waals surface area contributed by atoms with E-state index in [0.717, 1.165) is 5.75 Å². The minimum absolute atomic E-state index is 0.0179. The van der Waals surface area contributed by atoms with Crippen LogP contribution in [0.25, 0.3) is 0 Å². The first-order chi connectivity index (χ1) is 8.72. The number of benzene rings is 1. The number of nitrogens with one attached hydrogen (secondary N) is 1. The number of likely N-dealkylation sites (N-methyl/N-ethyl adjacent to an activating group) is 1. The molecule has 0 bridgehead atoms. The van der Waals surface area contributed by atoms with Crippen LogP contribution in [-0.4, -0.2) is 19.2 Å². The zero-order valence-electron chi connectivity index (χ0n) is 12.8. The van der Waals surface area contributed by atoms with Crippen molar-refractivity contribution in [3.8, 4) is 11.8 Å². The van der Waals surface area contributed by atoms with Gasteiger partial charge in [0, 0.05) is 0 Å². The van der Waals surface area contributed by atoms with Crippen molar-refractivity contribution in [3.63, 3.8) is 0 Å². The van der Waals surface area contributed by atoms with Crippen molar-refractivity contribution in [2.75, 3.05) is 13.7 Å². The van der Waals surface area contributed by atoms with Gasteiger partial charge in [0.2, 0.25) is 0 Å². The molecule has 1 atom stereocenters. The molecule has 1 aromatic carbocycles. The Hall–Kier alpha value is -1.53. The predicted molar refractivity (Wildman–Crippen MR) is 78.5 cm³/mol. The first-order valence-corrected chi connectivity index (χ1v) is 6.56. The van der Waals surface area contributed by atoms with Gasteiger partial charge in [-0.05, 0) is 37.9 Å². The average molecular weight is 260 g/mol. The summed E-state index contributed by atoms with van der Waals surface area (Å²) in [5.74, 6) is 0.856. The first-order valence-electron chi connectivity index (χ1n) is 6.56. The highest BCUT2D eigenvalue weighted by atomic mass is 16.5. The molecular formula is C16H24N2O. The van der Waals surface area contributed by atoms with Crippen molar-refractivity contribution in [1.29, 1.82) is 5.26 Å². The highest BCUT2D eigenvalue weighted by Gasteiger charge is 2.24. The normalized spacial score (nSPS) is 14.6. The molecule has 0 saturated carbocycles. The molecule has 104 valence electrons. The Kier molecular flexibility index (Phi) is 4.60. The molecule has 0 spiro atoms. The van der Waals surface area contributed by atoms with Crippen molar-refractivity contribution >= 4 is 0 Å². The van der Waals surface area contributed by atoms with Gasteiger partial charge in [-0.1, -0.05) is 38.5 Å². The van der Waals surface area contributed by atoms with E-state index in [9.17, 15) is 0 Å². The second-order valence-electron chi connectivity index (χ2n) is 6.23. The van der Waals surface area contributed by atoms with E-state index < -0.39 is 5.54 Å². The molecule has 0 aliphatic heterocycles. The Morgan fingerprint density at radius 1 is 1.26 bits per heavy atom. The fourth-order valence-electron chi connectivity index (χ4n) is 1.74. The van der Waals surface area contributed by atoms with Gasteiger partial charge >= 0.3 is 0 Å². The van der Waals surface area contributed by atoms with E-state index in [0.29, 0.717) is 6.61 Å². The lowest BCUT2D eigenvalue weighted by Crippen LogP contribution is -2.44. The fourth-order valence-corrected chi connectivity index (χ4v) is 1.74. The lowest BCUT2D eigenvalue weighted by Gasteiger charge is -2.26. The van der Waals surface area contributed by atoms with E-state index in [1.807, 2.05) is 19.1 Å². The zero-order chi connectivity index (χ0) is 14.7. The second kappa shape index (κ2) is 5.63. The molecule has 0 heterocycles. The Bertz CT molecular complexity index is 483. The van der Waals surface area contributed by atoms with Crippen molar-refractivity contribution in [1.82, 2.24) is 5.32 Å². The van der Waals surface area contributed by atoms with Gasteiger partial charge in [-0.15, -0.1) is 0 Å². The maximum atomic E-state index is 9.14. The predicted octanol–water partition coefficient (Wildman–Crippen LogP) is 3.17. The minimum Gasteiger partial charge on any atom is -0.490 e. The van der Waals surface area contributed by atoms with Gasteiger partial charge in [0.1, 0.15) is 17.9 Å². The first kappa shape index (κ1) is 15.5. The summed E-state index contributed by atoms with van der Waals surface area (Å²) in [5, 5.41) is 12.1. The minimum atomic E-state index is -0.667. The average Bonchev–Trinajstić information content (AvgIpc) is 2.36. The van der Waals surface area contributed by atoms with E-state index in [1.54, 1.807) is 7.05 Å². The summed E-state index contributed by atoms with van der Waals surface area (Å²) in [7, 11) is 1.77. The molecule has 3 nitrogen and oxygen atoms in total. The Morgan fingerprint density at radius 2 is 1.89 bits per heavy atom. The summed E-state index contributed by atoms with van der Waals surface area (Å²) in [6, 6.07) is 8.41. The summed E-state index contributed by atoms with van der Waals surface area (Å²) >= 11 is 0. The van der Waals surface area contributed by atoms with Gasteiger partial charge in [0.05, 0.1) is 6.07 Å². The number of nitrogens with zero attached hydrogens (tertiary/aromatic N) is 1. The molecule has 0 fully saturated rings. The molecule has 0 aromatic heterocycles. The molecule has 1 rings (SSSR count). The Labute approximate surface area is 116 Å². The van der Waals surface area contributed by atoms with E-state index in [2.05, 4.69) is 45.1 Å². The van der Waals surface area contributed by atoms with Gasteiger partial charge in [-0.25, -0.2) is 0 Å². The highest BCUT2D eigenvalue weighted by molar-refractivity contribution is 5.41. The molecule has 19 heavy (non-hydrogen) atoms. The Morgan fingerprint density at radius 3 is 2.37 bits per heavy atom. The molecule has 0 aliphatic carbocycles. The second-order valence-corrected chi connectivity index (χ2v) is 6.23. The number of rotatable bonds is 4. The topological polar surface area (TPSA) is 45.0 Å². The number of hydrogen-bond donors (Lipinski definition) is 1. The summed E-state index contributed by atoms with van der Waals surface area (Å²) in [6.45, 7) is 10.7. The molecule has 0 saturated heterocycles. The van der Waals surface area contributed by atoms with E-state index >= 15 is 0 Å². The molecule has 1 unspecified atom stereocenters. The molecule has 0 amide bonds. The van der Waals surface area contributed by atoms with E-state index in [1.165, 1.54) is 11.1 Å². The van der Waals surface area contributed by atoms with Crippen molar-refractivity contribution in [2.45, 2.75) is 45.6 Å². The smallest absolute Gasteiger partial charge is 0.137 e. The fraction of sp³-hybridized carbons (Fsp3) is 0.562. The van der Waals surface area contributed by atoms with Crippen LogP contribution in [0.4, 0.5) is 0 Å². The van der Waals surface area contributed by atoms with Crippen molar-refractivity contribution in [3.05, 3.63) is 29.3 Å². The van der Waals surface area contributed by atoms with Crippen LogP contribution in [0, 0.1) is 18.3 Å². The number of nitriles is 1. The third-order valence-electron chi connectivity index (χ3n) is 3.26. The Balaban J connectivity index is 3.00. The lowest BCUT2D eigenvalue weighted by molar-refractivity contribution is 0.237. The van der Waals surface area contributed by atoms with Gasteiger partial charge in [0.15, 0.2) is 0 Å². The third kappa shape index (κ3) is 3.97. The summed E-state index contributed by atoms with van der Waals surface area (Å²) < 4.78 is 5.88. The molecule has 3 heteroatoms. The van der Waals surface area contributed by atoms with Crippen LogP contribution >= 0.6 is 0 Å². The monoisotopic (exact) mass is 260 g/mol. The number of hydrogen-bond acceptors (Lipinski definition) is 3. The maximum absolute atomic E-state index is 9.14. The van der Waals surface area contributed by atoms with E-state index in [-0.39, 0.29) is 5.41 Å². The van der Waals surface area contributed by atoms with Crippen LogP contribution < -0.4 is 10.1 Å². The van der Waals surface area contributed by atoms with Gasteiger partial charge in [0.25, 0.3) is 0 Å². The quantitative estimate of drug-likeness (QED) is 0.904. The van der Waals surface area contributed by atoms with Crippen LogP contribution in [-0.2, 0) is 5.41 Å². The van der Waals surface area contributed by atoms with Crippen LogP contribution in [0.2, 0.25) is 0 Å². The molecule has 1 aromatic rings. The molecule has 0 radical (unpaired) electrons. The largest absolute Gasteiger partial charge is 0.490 e. The summed E-state index contributed by atoms with van der Waals surface area (Å²) in [6.07, 6.45) is 0. The standard InChI is InChI=1S/C16H24N2O/c1-12-7-8-14(13(9-12)15(2,3)4)19-11-16(5,10-17)18-6/h7-9,18H,11H2,1-6H3. The van der Waals surface area contributed by atoms with Gasteiger partial charge in [-0.2, -0.15) is 5.26 Å². The summed E-state index contributed by atoms with van der Waals surface area (Å²) in [4.78, 5) is 0. The number of aryl methyl sites for hydroxylation is 1. The number of ether oxygens (including phenoxy) is 1. The van der Waals surface area contributed by atoms with Crippen LogP contribution in [0.3, 0.4) is 0 Å².